The van der Waals surface area contributed by atoms with E-state index in [9.17, 15) is 9.59 Å². The van der Waals surface area contributed by atoms with Gasteiger partial charge in [-0.3, -0.25) is 14.6 Å². The van der Waals surface area contributed by atoms with Crippen LogP contribution in [0, 0.1) is 5.41 Å². The highest BCUT2D eigenvalue weighted by Gasteiger charge is 2.53. The third-order valence-corrected chi connectivity index (χ3v) is 2.46. The molecule has 1 fully saturated rings. The minimum Gasteiger partial charge on any atom is -0.480 e. The van der Waals surface area contributed by atoms with Gasteiger partial charge in [0.05, 0.1) is 13.2 Å². The van der Waals surface area contributed by atoms with Gasteiger partial charge in [-0.2, -0.15) is 0 Å². The molecule has 0 saturated carbocycles. The molecule has 0 atom stereocenters. The van der Waals surface area contributed by atoms with Gasteiger partial charge in [0.1, 0.15) is 0 Å². The van der Waals surface area contributed by atoms with Crippen LogP contribution in [-0.4, -0.2) is 35.1 Å². The van der Waals surface area contributed by atoms with Crippen molar-refractivity contribution in [1.29, 1.82) is 0 Å². The van der Waals surface area contributed by atoms with Crippen molar-refractivity contribution in [2.24, 2.45) is 5.41 Å². The Morgan fingerprint density at radius 1 is 1.47 bits per heavy atom. The van der Waals surface area contributed by atoms with Gasteiger partial charge >= 0.3 is 5.97 Å². The molecule has 1 aromatic rings. The average Bonchev–Trinajstić information content (AvgIpc) is 2.16. The Balaban J connectivity index is 2.32. The lowest BCUT2D eigenvalue weighted by molar-refractivity contribution is -0.168. The molecular formula is C10H9NO4. The van der Waals surface area contributed by atoms with E-state index in [-0.39, 0.29) is 13.2 Å². The number of carboxylic acid groups (broad SMARTS) is 1. The first kappa shape index (κ1) is 9.79. The van der Waals surface area contributed by atoms with Crippen molar-refractivity contribution in [3.05, 3.63) is 30.1 Å². The molecule has 2 rings (SSSR count). The topological polar surface area (TPSA) is 76.5 Å². The number of hydrogen-bond acceptors (Lipinski definition) is 4. The van der Waals surface area contributed by atoms with Crippen molar-refractivity contribution in [2.45, 2.75) is 0 Å². The summed E-state index contributed by atoms with van der Waals surface area (Å²) in [5.74, 6) is -1.57. The second-order valence-electron chi connectivity index (χ2n) is 3.45. The standard InChI is InChI=1S/C10H9NO4/c12-8(7-2-1-3-11-4-7)10(9(13)14)5-15-6-10/h1-4H,5-6H2,(H,13,14). The molecule has 1 saturated heterocycles. The van der Waals surface area contributed by atoms with Gasteiger partial charge in [0, 0.05) is 18.0 Å². The number of aliphatic carboxylic acids is 1. The lowest BCUT2D eigenvalue weighted by Gasteiger charge is -2.35. The smallest absolute Gasteiger partial charge is 0.322 e. The number of ketones is 1. The van der Waals surface area contributed by atoms with E-state index in [1.54, 1.807) is 12.1 Å². The number of pyridine rings is 1. The summed E-state index contributed by atoms with van der Waals surface area (Å²) < 4.78 is 4.82. The number of carboxylic acids is 1. The first-order valence-corrected chi connectivity index (χ1v) is 4.43. The number of carbonyl (C=O) groups excluding carboxylic acids is 1. The first-order chi connectivity index (χ1) is 7.17. The highest BCUT2D eigenvalue weighted by molar-refractivity contribution is 6.12. The Morgan fingerprint density at radius 2 is 2.20 bits per heavy atom. The Morgan fingerprint density at radius 3 is 2.60 bits per heavy atom. The highest BCUT2D eigenvalue weighted by Crippen LogP contribution is 2.31. The summed E-state index contributed by atoms with van der Waals surface area (Å²) in [5, 5.41) is 8.99. The number of carbonyl (C=O) groups is 2. The van der Waals surface area contributed by atoms with Crippen molar-refractivity contribution in [3.8, 4) is 0 Å². The molecule has 5 nitrogen and oxygen atoms in total. The molecule has 78 valence electrons. The van der Waals surface area contributed by atoms with E-state index in [0.717, 1.165) is 0 Å². The molecule has 15 heavy (non-hydrogen) atoms. The molecule has 2 heterocycles. The second-order valence-corrected chi connectivity index (χ2v) is 3.45. The summed E-state index contributed by atoms with van der Waals surface area (Å²) in [6.45, 7) is -0.119. The molecule has 0 aliphatic carbocycles. The molecule has 1 aliphatic heterocycles. The van der Waals surface area contributed by atoms with Gasteiger partial charge in [-0.15, -0.1) is 0 Å². The maximum absolute atomic E-state index is 11.9. The Labute approximate surface area is 85.7 Å². The summed E-state index contributed by atoms with van der Waals surface area (Å²) in [6.07, 6.45) is 2.90. The monoisotopic (exact) mass is 207 g/mol. The minimum absolute atomic E-state index is 0.0595. The van der Waals surface area contributed by atoms with Crippen LogP contribution in [0.15, 0.2) is 24.5 Å². The van der Waals surface area contributed by atoms with Crippen molar-refractivity contribution in [3.63, 3.8) is 0 Å². The second kappa shape index (κ2) is 3.43. The van der Waals surface area contributed by atoms with Gasteiger partial charge < -0.3 is 9.84 Å². The molecule has 0 unspecified atom stereocenters. The lowest BCUT2D eigenvalue weighted by Crippen LogP contribution is -2.54. The molecule has 0 radical (unpaired) electrons. The first-order valence-electron chi connectivity index (χ1n) is 4.43. The molecule has 5 heteroatoms. The Bertz CT molecular complexity index is 397. The zero-order chi connectivity index (χ0) is 10.9. The van der Waals surface area contributed by atoms with Crippen LogP contribution < -0.4 is 0 Å². The van der Waals surface area contributed by atoms with Gasteiger partial charge in [0.2, 0.25) is 0 Å². The Hall–Kier alpha value is -1.75. The zero-order valence-electron chi connectivity index (χ0n) is 7.84. The van der Waals surface area contributed by atoms with Gasteiger partial charge in [-0.1, -0.05) is 0 Å². The third-order valence-electron chi connectivity index (χ3n) is 2.46. The van der Waals surface area contributed by atoms with E-state index >= 15 is 0 Å². The fraction of sp³-hybridized carbons (Fsp3) is 0.300. The van der Waals surface area contributed by atoms with Crippen molar-refractivity contribution in [2.75, 3.05) is 13.2 Å². The summed E-state index contributed by atoms with van der Waals surface area (Å²) in [5.41, 5.74) is -1.09. The van der Waals surface area contributed by atoms with Crippen molar-refractivity contribution >= 4 is 11.8 Å². The lowest BCUT2D eigenvalue weighted by atomic mass is 9.79. The zero-order valence-corrected chi connectivity index (χ0v) is 7.84. The molecular weight excluding hydrogens is 198 g/mol. The van der Waals surface area contributed by atoms with Crippen LogP contribution in [0.2, 0.25) is 0 Å². The molecule has 0 amide bonds. The number of Topliss-reactive ketones (excluding diaryl/α,β-unsaturated/α-hetero) is 1. The van der Waals surface area contributed by atoms with Crippen LogP contribution in [0.3, 0.4) is 0 Å². The largest absolute Gasteiger partial charge is 0.480 e. The molecule has 0 bridgehead atoms. The van der Waals surface area contributed by atoms with E-state index in [2.05, 4.69) is 4.98 Å². The predicted molar refractivity (Wildman–Crippen MR) is 49.5 cm³/mol. The van der Waals surface area contributed by atoms with Crippen LogP contribution in [-0.2, 0) is 9.53 Å². The maximum atomic E-state index is 11.9. The van der Waals surface area contributed by atoms with Gasteiger partial charge in [0.25, 0.3) is 0 Å². The quantitative estimate of drug-likeness (QED) is 0.572. The Kier molecular flexibility index (Phi) is 2.24. The highest BCUT2D eigenvalue weighted by atomic mass is 16.5. The fourth-order valence-corrected chi connectivity index (χ4v) is 1.43. The third kappa shape index (κ3) is 1.41. The summed E-state index contributed by atoms with van der Waals surface area (Å²) >= 11 is 0. The summed E-state index contributed by atoms with van der Waals surface area (Å²) in [4.78, 5) is 26.7. The van der Waals surface area contributed by atoms with Gasteiger partial charge in [-0.05, 0) is 12.1 Å². The van der Waals surface area contributed by atoms with Gasteiger partial charge in [-0.25, -0.2) is 0 Å². The van der Waals surface area contributed by atoms with E-state index < -0.39 is 17.2 Å². The minimum atomic E-state index is -1.40. The summed E-state index contributed by atoms with van der Waals surface area (Å²) in [7, 11) is 0. The molecule has 1 N–H and O–H groups in total. The molecule has 0 spiro atoms. The van der Waals surface area contributed by atoms with E-state index in [0.29, 0.717) is 5.56 Å². The predicted octanol–water partition coefficient (Wildman–Crippen LogP) is 0.365. The maximum Gasteiger partial charge on any atom is 0.322 e. The van der Waals surface area contributed by atoms with Gasteiger partial charge in [0.15, 0.2) is 11.2 Å². The fourth-order valence-electron chi connectivity index (χ4n) is 1.43. The normalized spacial score (nSPS) is 17.9. The molecule has 1 aliphatic rings. The van der Waals surface area contributed by atoms with E-state index in [4.69, 9.17) is 9.84 Å². The SMILES string of the molecule is O=C(O)C1(C(=O)c2cccnc2)COC1. The van der Waals surface area contributed by atoms with E-state index in [1.807, 2.05) is 0 Å². The number of nitrogens with zero attached hydrogens (tertiary/aromatic N) is 1. The van der Waals surface area contributed by atoms with Crippen LogP contribution in [0.4, 0.5) is 0 Å². The van der Waals surface area contributed by atoms with Crippen LogP contribution in [0.5, 0.6) is 0 Å². The molecule has 0 aromatic carbocycles. The van der Waals surface area contributed by atoms with Crippen molar-refractivity contribution < 1.29 is 19.4 Å². The number of aromatic nitrogens is 1. The summed E-state index contributed by atoms with van der Waals surface area (Å²) in [6, 6.07) is 3.15. The number of rotatable bonds is 3. The average molecular weight is 207 g/mol. The van der Waals surface area contributed by atoms with Crippen LogP contribution in [0.25, 0.3) is 0 Å². The van der Waals surface area contributed by atoms with Crippen LogP contribution in [0.1, 0.15) is 10.4 Å². The number of ether oxygens (including phenoxy) is 1. The van der Waals surface area contributed by atoms with Crippen molar-refractivity contribution in [1.82, 2.24) is 4.98 Å². The molecule has 1 aromatic heterocycles. The van der Waals surface area contributed by atoms with Crippen LogP contribution >= 0.6 is 0 Å². The van der Waals surface area contributed by atoms with E-state index in [1.165, 1.54) is 12.4 Å². The number of hydrogen-bond donors (Lipinski definition) is 1.